The number of aryl methyl sites for hydroxylation is 1. The zero-order valence-electron chi connectivity index (χ0n) is 13.9. The number of hydrogen-bond acceptors (Lipinski definition) is 1. The maximum atomic E-state index is 13.3. The highest BCUT2D eigenvalue weighted by Crippen LogP contribution is 2.43. The maximum absolute atomic E-state index is 13.3. The van der Waals surface area contributed by atoms with E-state index in [2.05, 4.69) is 65.3 Å². The monoisotopic (exact) mass is 391 g/mol. The molecule has 1 atom stereocenters. The number of hydrogen-bond donors (Lipinski definition) is 0. The average molecular weight is 392 g/mol. The SMILES string of the molecule is Cc1ccc(C2C(=O)N(Cc3ccccc3)c3ccc(Br)cc32)cc1. The van der Waals surface area contributed by atoms with Crippen molar-refractivity contribution in [3.05, 3.63) is 99.5 Å². The minimum atomic E-state index is -0.239. The van der Waals surface area contributed by atoms with Crippen LogP contribution in [0.2, 0.25) is 0 Å². The second-order valence-electron chi connectivity index (χ2n) is 6.46. The Kier molecular flexibility index (Phi) is 4.18. The minimum Gasteiger partial charge on any atom is -0.307 e. The fourth-order valence-electron chi connectivity index (χ4n) is 3.42. The Hall–Kier alpha value is -2.39. The lowest BCUT2D eigenvalue weighted by molar-refractivity contribution is -0.118. The van der Waals surface area contributed by atoms with Crippen molar-refractivity contribution >= 4 is 27.5 Å². The molecule has 0 aliphatic carbocycles. The van der Waals surface area contributed by atoms with Crippen LogP contribution in [0, 0.1) is 6.92 Å². The number of benzene rings is 3. The minimum absolute atomic E-state index is 0.140. The zero-order chi connectivity index (χ0) is 17.4. The molecule has 0 radical (unpaired) electrons. The number of anilines is 1. The maximum Gasteiger partial charge on any atom is 0.239 e. The van der Waals surface area contributed by atoms with Gasteiger partial charge in [-0.15, -0.1) is 0 Å². The second kappa shape index (κ2) is 6.49. The third-order valence-electron chi connectivity index (χ3n) is 4.70. The van der Waals surface area contributed by atoms with E-state index in [1.54, 1.807) is 0 Å². The zero-order valence-corrected chi connectivity index (χ0v) is 15.5. The van der Waals surface area contributed by atoms with Crippen molar-refractivity contribution in [1.82, 2.24) is 0 Å². The third-order valence-corrected chi connectivity index (χ3v) is 5.19. The van der Waals surface area contributed by atoms with Crippen LogP contribution in [0.4, 0.5) is 5.69 Å². The number of carbonyl (C=O) groups is 1. The van der Waals surface area contributed by atoms with Gasteiger partial charge in [-0.05, 0) is 41.8 Å². The molecule has 3 aromatic rings. The molecule has 2 nitrogen and oxygen atoms in total. The van der Waals surface area contributed by atoms with Gasteiger partial charge in [-0.2, -0.15) is 0 Å². The van der Waals surface area contributed by atoms with Gasteiger partial charge in [0.15, 0.2) is 0 Å². The molecule has 3 aromatic carbocycles. The molecular formula is C22H18BrNO. The predicted molar refractivity (Wildman–Crippen MR) is 105 cm³/mol. The average Bonchev–Trinajstić information content (AvgIpc) is 2.88. The number of carbonyl (C=O) groups excluding carboxylic acids is 1. The van der Waals surface area contributed by atoms with Crippen molar-refractivity contribution in [3.8, 4) is 0 Å². The van der Waals surface area contributed by atoms with Crippen LogP contribution >= 0.6 is 15.9 Å². The van der Waals surface area contributed by atoms with E-state index in [0.717, 1.165) is 26.9 Å². The molecular weight excluding hydrogens is 374 g/mol. The molecule has 1 unspecified atom stereocenters. The number of amides is 1. The van der Waals surface area contributed by atoms with Gasteiger partial charge in [-0.25, -0.2) is 0 Å². The molecule has 1 aliphatic rings. The van der Waals surface area contributed by atoms with Crippen molar-refractivity contribution in [2.45, 2.75) is 19.4 Å². The molecule has 0 fully saturated rings. The lowest BCUT2D eigenvalue weighted by Gasteiger charge is -2.18. The van der Waals surface area contributed by atoms with Gasteiger partial charge in [0.05, 0.1) is 12.5 Å². The summed E-state index contributed by atoms with van der Waals surface area (Å²) in [4.78, 5) is 15.2. The summed E-state index contributed by atoms with van der Waals surface area (Å²) in [5.74, 6) is -0.0994. The summed E-state index contributed by atoms with van der Waals surface area (Å²) in [6.07, 6.45) is 0. The van der Waals surface area contributed by atoms with Gasteiger partial charge >= 0.3 is 0 Å². The summed E-state index contributed by atoms with van der Waals surface area (Å²) in [7, 11) is 0. The smallest absolute Gasteiger partial charge is 0.239 e. The van der Waals surface area contributed by atoms with Crippen LogP contribution in [-0.4, -0.2) is 5.91 Å². The largest absolute Gasteiger partial charge is 0.307 e. The van der Waals surface area contributed by atoms with Crippen LogP contribution in [0.5, 0.6) is 0 Å². The van der Waals surface area contributed by atoms with Gasteiger partial charge in [0.2, 0.25) is 5.91 Å². The summed E-state index contributed by atoms with van der Waals surface area (Å²) in [5.41, 5.74) is 5.45. The Bertz CT molecular complexity index is 919. The van der Waals surface area contributed by atoms with Crippen molar-refractivity contribution in [3.63, 3.8) is 0 Å². The Morgan fingerprint density at radius 2 is 1.68 bits per heavy atom. The van der Waals surface area contributed by atoms with Crippen molar-refractivity contribution < 1.29 is 4.79 Å². The quantitative estimate of drug-likeness (QED) is 0.582. The van der Waals surface area contributed by atoms with Crippen molar-refractivity contribution in [2.75, 3.05) is 4.90 Å². The molecule has 4 rings (SSSR count). The number of nitrogens with zero attached hydrogens (tertiary/aromatic N) is 1. The van der Waals surface area contributed by atoms with E-state index in [4.69, 9.17) is 0 Å². The van der Waals surface area contributed by atoms with Crippen LogP contribution in [-0.2, 0) is 11.3 Å². The fourth-order valence-corrected chi connectivity index (χ4v) is 3.80. The second-order valence-corrected chi connectivity index (χ2v) is 7.37. The van der Waals surface area contributed by atoms with Crippen LogP contribution < -0.4 is 4.90 Å². The summed E-state index contributed by atoms with van der Waals surface area (Å²) in [5, 5.41) is 0. The molecule has 3 heteroatoms. The molecule has 1 amide bonds. The van der Waals surface area contributed by atoms with E-state index >= 15 is 0 Å². The van der Waals surface area contributed by atoms with E-state index < -0.39 is 0 Å². The summed E-state index contributed by atoms with van der Waals surface area (Å²) < 4.78 is 0.998. The van der Waals surface area contributed by atoms with Crippen molar-refractivity contribution in [1.29, 1.82) is 0 Å². The van der Waals surface area contributed by atoms with E-state index in [1.807, 2.05) is 35.2 Å². The van der Waals surface area contributed by atoms with E-state index in [1.165, 1.54) is 5.56 Å². The first kappa shape index (κ1) is 16.1. The molecule has 1 heterocycles. The topological polar surface area (TPSA) is 20.3 Å². The third kappa shape index (κ3) is 3.00. The molecule has 0 N–H and O–H groups in total. The summed E-state index contributed by atoms with van der Waals surface area (Å²) in [6.45, 7) is 2.66. The molecule has 0 saturated carbocycles. The lowest BCUT2D eigenvalue weighted by Crippen LogP contribution is -2.28. The van der Waals surface area contributed by atoms with E-state index in [0.29, 0.717) is 6.54 Å². The lowest BCUT2D eigenvalue weighted by atomic mass is 9.92. The van der Waals surface area contributed by atoms with Gasteiger partial charge in [-0.3, -0.25) is 4.79 Å². The predicted octanol–water partition coefficient (Wildman–Crippen LogP) is 5.44. The highest BCUT2D eigenvalue weighted by molar-refractivity contribution is 9.10. The number of halogens is 1. The first-order valence-electron chi connectivity index (χ1n) is 8.35. The van der Waals surface area contributed by atoms with Gasteiger partial charge in [-0.1, -0.05) is 76.1 Å². The number of rotatable bonds is 3. The molecule has 0 bridgehead atoms. The van der Waals surface area contributed by atoms with Gasteiger partial charge < -0.3 is 4.90 Å². The van der Waals surface area contributed by atoms with Gasteiger partial charge in [0, 0.05) is 10.2 Å². The Morgan fingerprint density at radius 1 is 0.960 bits per heavy atom. The normalized spacial score (nSPS) is 16.2. The Balaban J connectivity index is 1.78. The van der Waals surface area contributed by atoms with Gasteiger partial charge in [0.25, 0.3) is 0 Å². The van der Waals surface area contributed by atoms with Crippen LogP contribution in [0.1, 0.15) is 28.2 Å². The highest BCUT2D eigenvalue weighted by atomic mass is 79.9. The van der Waals surface area contributed by atoms with Gasteiger partial charge in [0.1, 0.15) is 0 Å². The first-order valence-corrected chi connectivity index (χ1v) is 9.14. The number of fused-ring (bicyclic) bond motifs is 1. The summed E-state index contributed by atoms with van der Waals surface area (Å²) >= 11 is 3.55. The fraction of sp³-hybridized carbons (Fsp3) is 0.136. The molecule has 0 saturated heterocycles. The molecule has 25 heavy (non-hydrogen) atoms. The Labute approximate surface area is 156 Å². The van der Waals surface area contributed by atoms with Crippen LogP contribution in [0.25, 0.3) is 0 Å². The molecule has 0 aromatic heterocycles. The summed E-state index contributed by atoms with van der Waals surface area (Å²) in [6, 6.07) is 24.5. The molecule has 1 aliphatic heterocycles. The van der Waals surface area contributed by atoms with Crippen LogP contribution in [0.15, 0.2) is 77.3 Å². The van der Waals surface area contributed by atoms with Crippen molar-refractivity contribution in [2.24, 2.45) is 0 Å². The van der Waals surface area contributed by atoms with E-state index in [-0.39, 0.29) is 11.8 Å². The van der Waals surface area contributed by atoms with Crippen LogP contribution in [0.3, 0.4) is 0 Å². The highest BCUT2D eigenvalue weighted by Gasteiger charge is 2.38. The standard InChI is InChI=1S/C22H18BrNO/c1-15-7-9-17(10-8-15)21-19-13-18(23)11-12-20(19)24(22(21)25)14-16-5-3-2-4-6-16/h2-13,21H,14H2,1H3. The molecule has 0 spiro atoms. The first-order chi connectivity index (χ1) is 12.1. The Morgan fingerprint density at radius 3 is 2.40 bits per heavy atom. The molecule has 124 valence electrons. The van der Waals surface area contributed by atoms with E-state index in [9.17, 15) is 4.79 Å².